The molecule has 0 aliphatic carbocycles. The van der Waals surface area contributed by atoms with Crippen molar-refractivity contribution >= 4 is 16.9 Å². The number of aryl methyl sites for hydroxylation is 3. The molecule has 1 fully saturated rings. The third-order valence-electron chi connectivity index (χ3n) is 6.38. The van der Waals surface area contributed by atoms with E-state index in [1.807, 2.05) is 18.2 Å². The molecule has 5 nitrogen and oxygen atoms in total. The first-order valence-corrected chi connectivity index (χ1v) is 10.9. The summed E-state index contributed by atoms with van der Waals surface area (Å²) in [5.41, 5.74) is 4.79. The van der Waals surface area contributed by atoms with Crippen molar-refractivity contribution in [3.63, 3.8) is 0 Å². The van der Waals surface area contributed by atoms with Gasteiger partial charge in [-0.2, -0.15) is 0 Å². The topological polar surface area (TPSA) is 43.1 Å². The number of rotatable bonds is 7. The minimum absolute atomic E-state index is 0.116. The van der Waals surface area contributed by atoms with Crippen molar-refractivity contribution in [3.05, 3.63) is 53.6 Å². The van der Waals surface area contributed by atoms with Crippen LogP contribution in [-0.2, 0) is 18.4 Å². The lowest BCUT2D eigenvalue weighted by molar-refractivity contribution is -0.132. The highest BCUT2D eigenvalue weighted by Crippen LogP contribution is 2.33. The number of nitrogens with zero attached hydrogens (tertiary/aromatic N) is 4. The van der Waals surface area contributed by atoms with Gasteiger partial charge in [0.25, 0.3) is 0 Å². The first-order valence-electron chi connectivity index (χ1n) is 10.9. The zero-order valence-corrected chi connectivity index (χ0v) is 17.9. The average Bonchev–Trinajstić information content (AvgIpc) is 3.41. The van der Waals surface area contributed by atoms with Gasteiger partial charge in [-0.25, -0.2) is 4.98 Å². The summed E-state index contributed by atoms with van der Waals surface area (Å²) in [5.74, 6) is 1.31. The molecule has 29 heavy (non-hydrogen) atoms. The van der Waals surface area contributed by atoms with E-state index in [0.29, 0.717) is 6.42 Å². The fourth-order valence-corrected chi connectivity index (χ4v) is 4.71. The fraction of sp³-hybridized carbons (Fsp3) is 0.500. The molecule has 1 aromatic carbocycles. The monoisotopic (exact) mass is 392 g/mol. The van der Waals surface area contributed by atoms with Crippen molar-refractivity contribution in [1.82, 2.24) is 19.0 Å². The van der Waals surface area contributed by atoms with Crippen LogP contribution in [0, 0.1) is 13.8 Å². The predicted molar refractivity (Wildman–Crippen MR) is 117 cm³/mol. The molecule has 0 bridgehead atoms. The van der Waals surface area contributed by atoms with Gasteiger partial charge in [0.05, 0.1) is 17.1 Å². The summed E-state index contributed by atoms with van der Waals surface area (Å²) in [4.78, 5) is 19.9. The summed E-state index contributed by atoms with van der Waals surface area (Å²) in [6, 6.07) is 12.7. The smallest absolute Gasteiger partial charge is 0.223 e. The summed E-state index contributed by atoms with van der Waals surface area (Å²) in [6.45, 7) is 6.22. The van der Waals surface area contributed by atoms with Crippen molar-refractivity contribution in [2.75, 3.05) is 6.54 Å². The van der Waals surface area contributed by atoms with Gasteiger partial charge < -0.3 is 14.0 Å². The minimum Gasteiger partial charge on any atom is -0.349 e. The number of likely N-dealkylation sites (tertiary alicyclic amines) is 1. The van der Waals surface area contributed by atoms with E-state index in [9.17, 15) is 4.79 Å². The maximum Gasteiger partial charge on any atom is 0.223 e. The number of hydrogen-bond donors (Lipinski definition) is 0. The third kappa shape index (κ3) is 3.96. The molecule has 0 saturated carbocycles. The second-order valence-corrected chi connectivity index (χ2v) is 8.34. The number of carbonyl (C=O) groups excluding carboxylic acids is 1. The maximum atomic E-state index is 12.9. The van der Waals surface area contributed by atoms with Gasteiger partial charge in [-0.05, 0) is 63.8 Å². The Morgan fingerprint density at radius 3 is 2.59 bits per heavy atom. The van der Waals surface area contributed by atoms with Gasteiger partial charge in [-0.1, -0.05) is 18.6 Å². The Kier molecular flexibility index (Phi) is 5.74. The molecule has 3 heterocycles. The van der Waals surface area contributed by atoms with E-state index in [1.54, 1.807) is 0 Å². The highest BCUT2D eigenvalue weighted by atomic mass is 16.2. The van der Waals surface area contributed by atoms with Crippen LogP contribution < -0.4 is 0 Å². The van der Waals surface area contributed by atoms with Crippen molar-refractivity contribution < 1.29 is 4.79 Å². The summed E-state index contributed by atoms with van der Waals surface area (Å²) >= 11 is 0. The lowest BCUT2D eigenvalue weighted by atomic mass is 10.1. The highest BCUT2D eigenvalue weighted by Gasteiger charge is 2.32. The number of hydrogen-bond acceptors (Lipinski definition) is 2. The van der Waals surface area contributed by atoms with Crippen LogP contribution in [-0.4, -0.2) is 31.5 Å². The molecule has 1 saturated heterocycles. The zero-order chi connectivity index (χ0) is 20.4. The number of para-hydroxylation sites is 2. The van der Waals surface area contributed by atoms with Gasteiger partial charge in [0.1, 0.15) is 5.82 Å². The molecule has 1 aliphatic heterocycles. The normalized spacial score (nSPS) is 16.8. The number of benzene rings is 1. The molecule has 4 rings (SSSR count). The molecule has 0 spiro atoms. The van der Waals surface area contributed by atoms with E-state index >= 15 is 0 Å². The van der Waals surface area contributed by atoms with Crippen LogP contribution in [0.4, 0.5) is 0 Å². The number of unbranched alkanes of at least 4 members (excludes halogenated alkanes) is 2. The van der Waals surface area contributed by atoms with Crippen LogP contribution in [0.5, 0.6) is 0 Å². The number of fused-ring (bicyclic) bond motifs is 1. The summed E-state index contributed by atoms with van der Waals surface area (Å²) in [6.07, 6.45) is 5.89. The minimum atomic E-state index is 0.116. The molecule has 154 valence electrons. The number of amides is 1. The Bertz CT molecular complexity index is 980. The zero-order valence-electron chi connectivity index (χ0n) is 17.9. The third-order valence-corrected chi connectivity index (χ3v) is 6.38. The molecule has 0 unspecified atom stereocenters. The van der Waals surface area contributed by atoms with Crippen LogP contribution in [0.2, 0.25) is 0 Å². The van der Waals surface area contributed by atoms with E-state index in [-0.39, 0.29) is 11.9 Å². The van der Waals surface area contributed by atoms with Crippen molar-refractivity contribution in [2.24, 2.45) is 7.05 Å². The predicted octanol–water partition coefficient (Wildman–Crippen LogP) is 4.92. The van der Waals surface area contributed by atoms with Crippen LogP contribution >= 0.6 is 0 Å². The molecule has 0 N–H and O–H groups in total. The Morgan fingerprint density at radius 1 is 1.07 bits per heavy atom. The molecule has 1 amide bonds. The molecule has 5 heteroatoms. The highest BCUT2D eigenvalue weighted by molar-refractivity contribution is 5.78. The number of carbonyl (C=O) groups is 1. The molecule has 1 aliphatic rings. The SMILES string of the molecule is Cc1ccc(C)n1CCCCCC(=O)N1CCC[C@H]1c1nc2ccccc2n1C. The van der Waals surface area contributed by atoms with Gasteiger partial charge in [0.15, 0.2) is 0 Å². The van der Waals surface area contributed by atoms with Crippen LogP contribution in [0.1, 0.15) is 61.8 Å². The molecular weight excluding hydrogens is 360 g/mol. The molecule has 1 atom stereocenters. The second kappa shape index (κ2) is 8.44. The Labute approximate surface area is 173 Å². The lowest BCUT2D eigenvalue weighted by Crippen LogP contribution is -2.31. The van der Waals surface area contributed by atoms with Crippen LogP contribution in [0.3, 0.4) is 0 Å². The first kappa shape index (κ1) is 19.7. The maximum absolute atomic E-state index is 12.9. The van der Waals surface area contributed by atoms with E-state index in [1.165, 1.54) is 11.4 Å². The lowest BCUT2D eigenvalue weighted by Gasteiger charge is -2.24. The van der Waals surface area contributed by atoms with E-state index in [0.717, 1.165) is 62.1 Å². The molecule has 3 aromatic rings. The van der Waals surface area contributed by atoms with Crippen molar-refractivity contribution in [3.8, 4) is 0 Å². The van der Waals surface area contributed by atoms with E-state index < -0.39 is 0 Å². The van der Waals surface area contributed by atoms with Crippen LogP contribution in [0.15, 0.2) is 36.4 Å². The Morgan fingerprint density at radius 2 is 1.83 bits per heavy atom. The second-order valence-electron chi connectivity index (χ2n) is 8.34. The quantitative estimate of drug-likeness (QED) is 0.536. The van der Waals surface area contributed by atoms with Gasteiger partial charge in [0.2, 0.25) is 5.91 Å². The number of imidazole rings is 1. The molecule has 0 radical (unpaired) electrons. The van der Waals surface area contributed by atoms with Crippen LogP contribution in [0.25, 0.3) is 11.0 Å². The van der Waals surface area contributed by atoms with E-state index in [2.05, 4.69) is 53.1 Å². The number of aromatic nitrogens is 3. The Balaban J connectivity index is 1.32. The largest absolute Gasteiger partial charge is 0.349 e. The average molecular weight is 393 g/mol. The van der Waals surface area contributed by atoms with Gasteiger partial charge in [0, 0.05) is 37.9 Å². The summed E-state index contributed by atoms with van der Waals surface area (Å²) < 4.78 is 4.53. The Hall–Kier alpha value is -2.56. The van der Waals surface area contributed by atoms with Crippen molar-refractivity contribution in [1.29, 1.82) is 0 Å². The van der Waals surface area contributed by atoms with Gasteiger partial charge in [-0.15, -0.1) is 0 Å². The van der Waals surface area contributed by atoms with Gasteiger partial charge >= 0.3 is 0 Å². The summed E-state index contributed by atoms with van der Waals surface area (Å²) in [5, 5.41) is 0. The van der Waals surface area contributed by atoms with E-state index in [4.69, 9.17) is 4.98 Å². The van der Waals surface area contributed by atoms with Crippen molar-refractivity contribution in [2.45, 2.75) is 65.0 Å². The summed E-state index contributed by atoms with van der Waals surface area (Å²) in [7, 11) is 2.07. The fourth-order valence-electron chi connectivity index (χ4n) is 4.71. The van der Waals surface area contributed by atoms with Gasteiger partial charge in [-0.3, -0.25) is 4.79 Å². The molecular formula is C24H32N4O. The first-order chi connectivity index (χ1) is 14.1. The molecule has 2 aromatic heterocycles. The standard InChI is InChI=1S/C24H32N4O/c1-18-14-15-19(2)27(18)16-8-4-5-13-23(29)28-17-9-12-22(28)24-25-20-10-6-7-11-21(20)26(24)3/h6-7,10-11,14-15,22H,4-5,8-9,12-13,16-17H2,1-3H3/t22-/m0/s1.